The molecule has 1 saturated carbocycles. The molecule has 21 heavy (non-hydrogen) atoms. The molecule has 0 bridgehead atoms. The van der Waals surface area contributed by atoms with E-state index in [4.69, 9.17) is 4.52 Å². The lowest BCUT2D eigenvalue weighted by Crippen LogP contribution is -2.38. The Morgan fingerprint density at radius 1 is 1.48 bits per heavy atom. The van der Waals surface area contributed by atoms with Crippen LogP contribution in [-0.2, 0) is 4.79 Å². The lowest BCUT2D eigenvalue weighted by atomic mass is 10.2. The van der Waals surface area contributed by atoms with Crippen LogP contribution in [0.5, 0.6) is 0 Å². The molecule has 0 radical (unpaired) electrons. The van der Waals surface area contributed by atoms with E-state index in [-0.39, 0.29) is 24.3 Å². The van der Waals surface area contributed by atoms with Crippen LogP contribution < -0.4 is 0 Å². The SMILES string of the molecule is CN(C)CC(=O)N1CC(F)(F)C[C@H]1c1nc(C2CC2)no1. The van der Waals surface area contributed by atoms with Crippen molar-refractivity contribution in [1.82, 2.24) is 19.9 Å². The van der Waals surface area contributed by atoms with Gasteiger partial charge in [0.15, 0.2) is 5.82 Å². The normalized spacial score (nSPS) is 24.8. The standard InChI is InChI=1S/C13H18F2N4O2/c1-18(2)6-10(20)19-7-13(14,15)5-9(19)12-16-11(17-21-12)8-3-4-8/h8-9H,3-7H2,1-2H3/t9-/m0/s1. The van der Waals surface area contributed by atoms with Crippen LogP contribution in [0.4, 0.5) is 8.78 Å². The molecular formula is C13H18F2N4O2. The average Bonchev–Trinajstić information content (AvgIpc) is 3.00. The summed E-state index contributed by atoms with van der Waals surface area (Å²) < 4.78 is 32.5. The van der Waals surface area contributed by atoms with Gasteiger partial charge < -0.3 is 14.3 Å². The number of alkyl halides is 2. The summed E-state index contributed by atoms with van der Waals surface area (Å²) >= 11 is 0. The molecule has 0 spiro atoms. The zero-order valence-electron chi connectivity index (χ0n) is 12.1. The van der Waals surface area contributed by atoms with Crippen LogP contribution in [0.1, 0.15) is 42.9 Å². The Kier molecular flexibility index (Phi) is 3.43. The quantitative estimate of drug-likeness (QED) is 0.841. The van der Waals surface area contributed by atoms with E-state index in [2.05, 4.69) is 10.1 Å². The summed E-state index contributed by atoms with van der Waals surface area (Å²) in [5, 5.41) is 3.85. The molecule has 1 atom stereocenters. The summed E-state index contributed by atoms with van der Waals surface area (Å²) in [6.45, 7) is -0.512. The molecule has 3 rings (SSSR count). The van der Waals surface area contributed by atoms with Gasteiger partial charge in [0.1, 0.15) is 6.04 Å². The van der Waals surface area contributed by atoms with Gasteiger partial charge in [0.05, 0.1) is 13.1 Å². The summed E-state index contributed by atoms with van der Waals surface area (Å²) in [5.74, 6) is -2.29. The fourth-order valence-electron chi connectivity index (χ4n) is 2.55. The Bertz CT molecular complexity index is 542. The van der Waals surface area contributed by atoms with Crippen molar-refractivity contribution in [3.05, 3.63) is 11.7 Å². The van der Waals surface area contributed by atoms with E-state index in [1.165, 1.54) is 0 Å². The zero-order chi connectivity index (χ0) is 15.2. The molecule has 0 aromatic carbocycles. The maximum Gasteiger partial charge on any atom is 0.267 e. The first-order valence-electron chi connectivity index (χ1n) is 7.01. The van der Waals surface area contributed by atoms with E-state index in [0.29, 0.717) is 5.82 Å². The van der Waals surface area contributed by atoms with Crippen molar-refractivity contribution in [2.75, 3.05) is 27.2 Å². The van der Waals surface area contributed by atoms with E-state index in [9.17, 15) is 13.6 Å². The monoisotopic (exact) mass is 300 g/mol. The van der Waals surface area contributed by atoms with Crippen LogP contribution in [0.25, 0.3) is 0 Å². The fraction of sp³-hybridized carbons (Fsp3) is 0.769. The third-order valence-corrected chi connectivity index (χ3v) is 3.73. The highest BCUT2D eigenvalue weighted by Gasteiger charge is 2.50. The highest BCUT2D eigenvalue weighted by Crippen LogP contribution is 2.42. The Hall–Kier alpha value is -1.57. The van der Waals surface area contributed by atoms with Crippen LogP contribution in [-0.4, -0.2) is 59.0 Å². The summed E-state index contributed by atoms with van der Waals surface area (Å²) in [4.78, 5) is 19.2. The number of likely N-dealkylation sites (tertiary alicyclic amines) is 1. The van der Waals surface area contributed by atoms with Crippen LogP contribution in [0.15, 0.2) is 4.52 Å². The molecule has 2 aliphatic rings. The first kappa shape index (κ1) is 14.4. The molecule has 1 saturated heterocycles. The molecule has 8 heteroatoms. The minimum absolute atomic E-state index is 0.0796. The van der Waals surface area contributed by atoms with Gasteiger partial charge in [-0.25, -0.2) is 8.78 Å². The second-order valence-electron chi connectivity index (χ2n) is 6.10. The van der Waals surface area contributed by atoms with Crippen molar-refractivity contribution < 1.29 is 18.1 Å². The van der Waals surface area contributed by atoms with Crippen molar-refractivity contribution in [3.8, 4) is 0 Å². The second kappa shape index (κ2) is 5.01. The number of nitrogens with zero attached hydrogens (tertiary/aromatic N) is 4. The summed E-state index contributed by atoms with van der Waals surface area (Å²) in [5.41, 5.74) is 0. The number of likely N-dealkylation sites (N-methyl/N-ethyl adjacent to an activating group) is 1. The zero-order valence-corrected chi connectivity index (χ0v) is 12.1. The number of hydrogen-bond acceptors (Lipinski definition) is 5. The molecule has 1 aliphatic heterocycles. The van der Waals surface area contributed by atoms with Crippen LogP contribution >= 0.6 is 0 Å². The number of carbonyl (C=O) groups excluding carboxylic acids is 1. The first-order valence-corrected chi connectivity index (χ1v) is 7.01. The minimum Gasteiger partial charge on any atom is -0.337 e. The summed E-state index contributed by atoms with van der Waals surface area (Å²) in [6.07, 6.45) is 1.55. The van der Waals surface area contributed by atoms with Gasteiger partial charge in [-0.3, -0.25) is 4.79 Å². The Labute approximate surface area is 121 Å². The third-order valence-electron chi connectivity index (χ3n) is 3.73. The molecule has 1 amide bonds. The van der Waals surface area contributed by atoms with E-state index >= 15 is 0 Å². The number of amides is 1. The number of halogens is 2. The lowest BCUT2D eigenvalue weighted by Gasteiger charge is -2.22. The molecule has 2 fully saturated rings. The predicted molar refractivity (Wildman–Crippen MR) is 68.8 cm³/mol. The van der Waals surface area contributed by atoms with Gasteiger partial charge in [-0.15, -0.1) is 0 Å². The molecule has 1 aromatic heterocycles. The fourth-order valence-corrected chi connectivity index (χ4v) is 2.55. The molecular weight excluding hydrogens is 282 g/mol. The Morgan fingerprint density at radius 2 is 2.19 bits per heavy atom. The van der Waals surface area contributed by atoms with E-state index < -0.39 is 24.9 Å². The highest BCUT2D eigenvalue weighted by atomic mass is 19.3. The topological polar surface area (TPSA) is 62.5 Å². The third kappa shape index (κ3) is 3.04. The number of aromatic nitrogens is 2. The van der Waals surface area contributed by atoms with Crippen molar-refractivity contribution >= 4 is 5.91 Å². The van der Waals surface area contributed by atoms with E-state index in [0.717, 1.165) is 17.7 Å². The van der Waals surface area contributed by atoms with Gasteiger partial charge >= 0.3 is 0 Å². The van der Waals surface area contributed by atoms with Gasteiger partial charge in [0.25, 0.3) is 5.92 Å². The summed E-state index contributed by atoms with van der Waals surface area (Å²) in [7, 11) is 3.44. The minimum atomic E-state index is -2.92. The maximum absolute atomic E-state index is 13.7. The maximum atomic E-state index is 13.7. The van der Waals surface area contributed by atoms with Crippen molar-refractivity contribution in [1.29, 1.82) is 0 Å². The lowest BCUT2D eigenvalue weighted by molar-refractivity contribution is -0.134. The molecule has 6 nitrogen and oxygen atoms in total. The average molecular weight is 300 g/mol. The Balaban J connectivity index is 1.80. The second-order valence-corrected chi connectivity index (χ2v) is 6.10. The molecule has 1 aliphatic carbocycles. The van der Waals surface area contributed by atoms with Gasteiger partial charge in [-0.05, 0) is 26.9 Å². The van der Waals surface area contributed by atoms with Gasteiger partial charge in [0.2, 0.25) is 11.8 Å². The number of carbonyl (C=O) groups is 1. The van der Waals surface area contributed by atoms with Crippen molar-refractivity contribution in [3.63, 3.8) is 0 Å². The molecule has 0 N–H and O–H groups in total. The highest BCUT2D eigenvalue weighted by molar-refractivity contribution is 5.79. The van der Waals surface area contributed by atoms with Gasteiger partial charge in [0, 0.05) is 12.3 Å². The van der Waals surface area contributed by atoms with Crippen LogP contribution in [0.2, 0.25) is 0 Å². The molecule has 116 valence electrons. The van der Waals surface area contributed by atoms with E-state index in [1.807, 2.05) is 0 Å². The number of hydrogen-bond donors (Lipinski definition) is 0. The number of rotatable bonds is 4. The molecule has 2 heterocycles. The first-order chi connectivity index (χ1) is 9.85. The smallest absolute Gasteiger partial charge is 0.267 e. The summed E-state index contributed by atoms with van der Waals surface area (Å²) in [6, 6.07) is -0.826. The predicted octanol–water partition coefficient (Wildman–Crippen LogP) is 1.42. The van der Waals surface area contributed by atoms with Gasteiger partial charge in [-0.1, -0.05) is 5.16 Å². The Morgan fingerprint density at radius 3 is 2.81 bits per heavy atom. The molecule has 0 unspecified atom stereocenters. The molecule has 1 aromatic rings. The van der Waals surface area contributed by atoms with Crippen molar-refractivity contribution in [2.45, 2.75) is 37.1 Å². The van der Waals surface area contributed by atoms with Gasteiger partial charge in [-0.2, -0.15) is 4.98 Å². The van der Waals surface area contributed by atoms with E-state index in [1.54, 1.807) is 19.0 Å². The van der Waals surface area contributed by atoms with Crippen LogP contribution in [0.3, 0.4) is 0 Å². The largest absolute Gasteiger partial charge is 0.337 e. The van der Waals surface area contributed by atoms with Crippen molar-refractivity contribution in [2.24, 2.45) is 0 Å². The van der Waals surface area contributed by atoms with Crippen LogP contribution in [0, 0.1) is 0 Å².